The van der Waals surface area contributed by atoms with Crippen molar-refractivity contribution in [3.63, 3.8) is 0 Å². The first-order chi connectivity index (χ1) is 6.31. The van der Waals surface area contributed by atoms with Crippen LogP contribution in [0.5, 0.6) is 0 Å². The third kappa shape index (κ3) is 1.38. The van der Waals surface area contributed by atoms with E-state index in [1.807, 2.05) is 0 Å². The third-order valence-electron chi connectivity index (χ3n) is 2.36. The highest BCUT2D eigenvalue weighted by Gasteiger charge is 2.21. The minimum absolute atomic E-state index is 0.178. The van der Waals surface area contributed by atoms with Crippen LogP contribution in [0.25, 0.3) is 0 Å². The van der Waals surface area contributed by atoms with E-state index in [9.17, 15) is 9.18 Å². The number of halogens is 1. The lowest BCUT2D eigenvalue weighted by molar-refractivity contribution is 0.556. The van der Waals surface area contributed by atoms with E-state index in [2.05, 4.69) is 4.99 Å². The highest BCUT2D eigenvalue weighted by Crippen LogP contribution is 2.33. The van der Waals surface area contributed by atoms with Gasteiger partial charge in [-0.2, -0.15) is 4.99 Å². The summed E-state index contributed by atoms with van der Waals surface area (Å²) in [6.45, 7) is 0. The van der Waals surface area contributed by atoms with Crippen molar-refractivity contribution in [1.29, 1.82) is 0 Å². The van der Waals surface area contributed by atoms with Gasteiger partial charge in [-0.05, 0) is 36.1 Å². The minimum atomic E-state index is -0.272. The molecule has 1 atom stereocenters. The van der Waals surface area contributed by atoms with Crippen molar-refractivity contribution in [2.75, 3.05) is 0 Å². The molecule has 3 heteroatoms. The molecule has 13 heavy (non-hydrogen) atoms. The van der Waals surface area contributed by atoms with Crippen LogP contribution in [0.3, 0.4) is 0 Å². The van der Waals surface area contributed by atoms with Crippen LogP contribution in [-0.4, -0.2) is 6.08 Å². The molecule has 0 radical (unpaired) electrons. The molecule has 0 saturated carbocycles. The predicted octanol–water partition coefficient (Wildman–Crippen LogP) is 2.15. The monoisotopic (exact) mass is 177 g/mol. The molecule has 0 amide bonds. The second kappa shape index (κ2) is 3.11. The van der Waals surface area contributed by atoms with E-state index in [1.54, 1.807) is 6.07 Å². The summed E-state index contributed by atoms with van der Waals surface area (Å²) in [7, 11) is 0. The number of hydrogen-bond acceptors (Lipinski definition) is 2. The van der Waals surface area contributed by atoms with Crippen molar-refractivity contribution < 1.29 is 9.18 Å². The molecule has 0 bridgehead atoms. The smallest absolute Gasteiger partial charge is 0.211 e. The number of benzene rings is 1. The predicted molar refractivity (Wildman–Crippen MR) is 45.6 cm³/mol. The summed E-state index contributed by atoms with van der Waals surface area (Å²) in [5.41, 5.74) is 1.92. The van der Waals surface area contributed by atoms with E-state index < -0.39 is 0 Å². The number of carbonyl (C=O) groups excluding carboxylic acids is 1. The zero-order chi connectivity index (χ0) is 9.26. The van der Waals surface area contributed by atoms with Gasteiger partial charge in [0.25, 0.3) is 0 Å². The van der Waals surface area contributed by atoms with Gasteiger partial charge in [0, 0.05) is 0 Å². The van der Waals surface area contributed by atoms with Crippen LogP contribution in [0.2, 0.25) is 0 Å². The summed E-state index contributed by atoms with van der Waals surface area (Å²) in [5, 5.41) is 0. The Hall–Kier alpha value is -1.47. The average Bonchev–Trinajstić information content (AvgIpc) is 2.49. The second-order valence-electron chi connectivity index (χ2n) is 3.12. The highest BCUT2D eigenvalue weighted by atomic mass is 19.1. The van der Waals surface area contributed by atoms with Crippen LogP contribution in [0.4, 0.5) is 4.39 Å². The van der Waals surface area contributed by atoms with Crippen molar-refractivity contribution in [2.24, 2.45) is 4.99 Å². The van der Waals surface area contributed by atoms with Crippen molar-refractivity contribution in [2.45, 2.75) is 18.9 Å². The first-order valence-electron chi connectivity index (χ1n) is 4.16. The molecule has 1 aromatic rings. The molecule has 0 N–H and O–H groups in total. The number of rotatable bonds is 1. The molecule has 0 heterocycles. The lowest BCUT2D eigenvalue weighted by Gasteiger charge is -2.02. The van der Waals surface area contributed by atoms with E-state index >= 15 is 0 Å². The fraction of sp³-hybridized carbons (Fsp3) is 0.300. The van der Waals surface area contributed by atoms with E-state index in [0.29, 0.717) is 0 Å². The molecular formula is C10H8FNO. The van der Waals surface area contributed by atoms with Gasteiger partial charge in [-0.25, -0.2) is 9.18 Å². The molecule has 1 aliphatic rings. The van der Waals surface area contributed by atoms with Gasteiger partial charge in [0.1, 0.15) is 5.82 Å². The van der Waals surface area contributed by atoms with Crippen LogP contribution in [0.1, 0.15) is 23.6 Å². The molecule has 0 saturated heterocycles. The molecule has 1 aromatic carbocycles. The van der Waals surface area contributed by atoms with Gasteiger partial charge in [-0.1, -0.05) is 6.07 Å². The van der Waals surface area contributed by atoms with Crippen molar-refractivity contribution in [3.05, 3.63) is 35.1 Å². The molecule has 1 aliphatic carbocycles. The first kappa shape index (κ1) is 8.14. The maximum Gasteiger partial charge on any atom is 0.235 e. The summed E-state index contributed by atoms with van der Waals surface area (Å²) in [6, 6.07) is 4.47. The SMILES string of the molecule is O=C=NC1CCc2ccc(F)cc21. The van der Waals surface area contributed by atoms with Crippen molar-refractivity contribution in [3.8, 4) is 0 Å². The van der Waals surface area contributed by atoms with Crippen LogP contribution >= 0.6 is 0 Å². The van der Waals surface area contributed by atoms with Crippen LogP contribution in [0.15, 0.2) is 23.2 Å². The van der Waals surface area contributed by atoms with Crippen molar-refractivity contribution in [1.82, 2.24) is 0 Å². The maximum absolute atomic E-state index is 12.8. The number of isocyanates is 1. The Balaban J connectivity index is 2.45. The van der Waals surface area contributed by atoms with Crippen LogP contribution in [-0.2, 0) is 11.2 Å². The summed E-state index contributed by atoms with van der Waals surface area (Å²) < 4.78 is 12.8. The van der Waals surface area contributed by atoms with Gasteiger partial charge >= 0.3 is 0 Å². The number of aliphatic imine (C=N–C) groups is 1. The fourth-order valence-electron chi connectivity index (χ4n) is 1.75. The molecule has 0 aromatic heterocycles. The van der Waals surface area contributed by atoms with Gasteiger partial charge in [-0.15, -0.1) is 0 Å². The largest absolute Gasteiger partial charge is 0.235 e. The minimum Gasteiger partial charge on any atom is -0.211 e. The number of aryl methyl sites for hydroxylation is 1. The maximum atomic E-state index is 12.8. The topological polar surface area (TPSA) is 29.4 Å². The summed E-state index contributed by atoms with van der Waals surface area (Å²) in [6.07, 6.45) is 3.17. The Bertz CT molecular complexity index is 383. The number of nitrogens with zero attached hydrogens (tertiary/aromatic N) is 1. The number of hydrogen-bond donors (Lipinski definition) is 0. The molecule has 0 fully saturated rings. The Morgan fingerprint density at radius 2 is 2.38 bits per heavy atom. The zero-order valence-electron chi connectivity index (χ0n) is 6.96. The van der Waals surface area contributed by atoms with E-state index in [0.717, 1.165) is 24.0 Å². The summed E-state index contributed by atoms with van der Waals surface area (Å²) >= 11 is 0. The molecule has 66 valence electrons. The van der Waals surface area contributed by atoms with Gasteiger partial charge in [0.05, 0.1) is 6.04 Å². The Morgan fingerprint density at radius 3 is 3.15 bits per heavy atom. The molecule has 2 rings (SSSR count). The van der Waals surface area contributed by atoms with Gasteiger partial charge in [0.15, 0.2) is 0 Å². The molecule has 0 aliphatic heterocycles. The van der Waals surface area contributed by atoms with Gasteiger partial charge in [0.2, 0.25) is 6.08 Å². The molecular weight excluding hydrogens is 169 g/mol. The van der Waals surface area contributed by atoms with Gasteiger partial charge in [-0.3, -0.25) is 0 Å². The average molecular weight is 177 g/mol. The fourth-order valence-corrected chi connectivity index (χ4v) is 1.75. The number of fused-ring (bicyclic) bond motifs is 1. The Morgan fingerprint density at radius 1 is 1.54 bits per heavy atom. The molecule has 2 nitrogen and oxygen atoms in total. The lowest BCUT2D eigenvalue weighted by atomic mass is 10.1. The highest BCUT2D eigenvalue weighted by molar-refractivity contribution is 5.40. The quantitative estimate of drug-likeness (QED) is 0.477. The molecule has 0 spiro atoms. The van der Waals surface area contributed by atoms with Gasteiger partial charge < -0.3 is 0 Å². The zero-order valence-corrected chi connectivity index (χ0v) is 6.96. The third-order valence-corrected chi connectivity index (χ3v) is 2.36. The second-order valence-corrected chi connectivity index (χ2v) is 3.12. The van der Waals surface area contributed by atoms with Crippen molar-refractivity contribution >= 4 is 6.08 Å². The van der Waals surface area contributed by atoms with Crippen LogP contribution in [0, 0.1) is 5.82 Å². The summed E-state index contributed by atoms with van der Waals surface area (Å²) in [5.74, 6) is -0.272. The summed E-state index contributed by atoms with van der Waals surface area (Å²) in [4.78, 5) is 13.7. The Labute approximate surface area is 75.1 Å². The normalized spacial score (nSPS) is 19.3. The van der Waals surface area contributed by atoms with E-state index in [1.165, 1.54) is 18.2 Å². The lowest BCUT2D eigenvalue weighted by Crippen LogP contribution is -1.89. The van der Waals surface area contributed by atoms with Crippen LogP contribution < -0.4 is 0 Å². The van der Waals surface area contributed by atoms with E-state index in [4.69, 9.17) is 0 Å². The van der Waals surface area contributed by atoms with E-state index in [-0.39, 0.29) is 11.9 Å². The standard InChI is InChI=1S/C10H8FNO/c11-8-3-1-7-2-4-10(12-6-13)9(7)5-8/h1,3,5,10H,2,4H2. The Kier molecular flexibility index (Phi) is 1.95. The molecule has 1 unspecified atom stereocenters. The first-order valence-corrected chi connectivity index (χ1v) is 4.16.